The third-order valence-electron chi connectivity index (χ3n) is 2.27. The molecular formula is C13H8BrClN2. The molecule has 0 saturated heterocycles. The molecular weight excluding hydrogens is 300 g/mol. The normalized spacial score (nSPS) is 9.71. The van der Waals surface area contributed by atoms with E-state index in [4.69, 9.17) is 16.9 Å². The number of hydrogen-bond acceptors (Lipinski definition) is 2. The van der Waals surface area contributed by atoms with Crippen molar-refractivity contribution in [2.24, 2.45) is 0 Å². The minimum atomic E-state index is 0.562. The van der Waals surface area contributed by atoms with E-state index < -0.39 is 0 Å². The van der Waals surface area contributed by atoms with Crippen LogP contribution in [0, 0.1) is 11.3 Å². The molecule has 0 spiro atoms. The molecule has 0 amide bonds. The van der Waals surface area contributed by atoms with Gasteiger partial charge in [0.25, 0.3) is 0 Å². The van der Waals surface area contributed by atoms with E-state index in [0.29, 0.717) is 10.6 Å². The summed E-state index contributed by atoms with van der Waals surface area (Å²) in [7, 11) is 0. The average Bonchev–Trinajstić information content (AvgIpc) is 2.32. The van der Waals surface area contributed by atoms with Crippen molar-refractivity contribution >= 4 is 38.9 Å². The lowest BCUT2D eigenvalue weighted by Crippen LogP contribution is -1.94. The van der Waals surface area contributed by atoms with E-state index in [1.807, 2.05) is 36.4 Å². The molecule has 0 aromatic heterocycles. The van der Waals surface area contributed by atoms with Crippen LogP contribution in [0.2, 0.25) is 5.02 Å². The van der Waals surface area contributed by atoms with Crippen LogP contribution in [0.15, 0.2) is 46.9 Å². The van der Waals surface area contributed by atoms with Gasteiger partial charge in [-0.3, -0.25) is 0 Å². The summed E-state index contributed by atoms with van der Waals surface area (Å²) < 4.78 is 0.761. The van der Waals surface area contributed by atoms with Crippen LogP contribution in [0.5, 0.6) is 0 Å². The van der Waals surface area contributed by atoms with Gasteiger partial charge in [-0.2, -0.15) is 5.26 Å². The number of halogens is 2. The van der Waals surface area contributed by atoms with Crippen molar-refractivity contribution in [2.45, 2.75) is 0 Å². The predicted molar refractivity (Wildman–Crippen MR) is 73.6 cm³/mol. The second-order valence-electron chi connectivity index (χ2n) is 3.38. The summed E-state index contributed by atoms with van der Waals surface area (Å²) in [5, 5.41) is 12.9. The smallest absolute Gasteiger partial charge is 0.103 e. The monoisotopic (exact) mass is 306 g/mol. The van der Waals surface area contributed by atoms with Crippen LogP contribution in [-0.2, 0) is 0 Å². The van der Waals surface area contributed by atoms with Crippen LogP contribution in [0.1, 0.15) is 5.56 Å². The summed E-state index contributed by atoms with van der Waals surface area (Å²) in [5.41, 5.74) is 2.08. The van der Waals surface area contributed by atoms with E-state index >= 15 is 0 Å². The van der Waals surface area contributed by atoms with Gasteiger partial charge in [-0.05, 0) is 40.2 Å². The van der Waals surface area contributed by atoms with Gasteiger partial charge in [0.2, 0.25) is 0 Å². The van der Waals surface area contributed by atoms with Crippen molar-refractivity contribution in [1.82, 2.24) is 0 Å². The van der Waals surface area contributed by atoms with Gasteiger partial charge in [-0.25, -0.2) is 0 Å². The third-order valence-corrected chi connectivity index (χ3v) is 3.26. The highest BCUT2D eigenvalue weighted by molar-refractivity contribution is 9.10. The summed E-state index contributed by atoms with van der Waals surface area (Å²) in [6, 6.07) is 15.1. The lowest BCUT2D eigenvalue weighted by molar-refractivity contribution is 1.44. The van der Waals surface area contributed by atoms with Crippen molar-refractivity contribution in [1.29, 1.82) is 5.26 Å². The molecule has 0 unspecified atom stereocenters. The Hall–Kier alpha value is -1.50. The first-order chi connectivity index (χ1) is 8.22. The van der Waals surface area contributed by atoms with Crippen molar-refractivity contribution < 1.29 is 0 Å². The minimum absolute atomic E-state index is 0.562. The van der Waals surface area contributed by atoms with Gasteiger partial charge in [-0.15, -0.1) is 0 Å². The number of hydrogen-bond donors (Lipinski definition) is 1. The van der Waals surface area contributed by atoms with E-state index in [2.05, 4.69) is 27.3 Å². The molecule has 1 N–H and O–H groups in total. The highest BCUT2D eigenvalue weighted by Crippen LogP contribution is 2.29. The molecule has 0 radical (unpaired) electrons. The molecule has 0 bridgehead atoms. The van der Waals surface area contributed by atoms with Gasteiger partial charge in [0.15, 0.2) is 0 Å². The van der Waals surface area contributed by atoms with Crippen LogP contribution in [0.3, 0.4) is 0 Å². The zero-order valence-electron chi connectivity index (χ0n) is 8.74. The molecule has 0 saturated carbocycles. The predicted octanol–water partition coefficient (Wildman–Crippen LogP) is 4.72. The summed E-state index contributed by atoms with van der Waals surface area (Å²) in [6.07, 6.45) is 0. The highest BCUT2D eigenvalue weighted by Gasteiger charge is 2.07. The quantitative estimate of drug-likeness (QED) is 0.871. The number of anilines is 2. The maximum atomic E-state index is 9.09. The van der Waals surface area contributed by atoms with E-state index in [0.717, 1.165) is 15.8 Å². The molecule has 0 fully saturated rings. The van der Waals surface area contributed by atoms with Gasteiger partial charge in [-0.1, -0.05) is 29.8 Å². The van der Waals surface area contributed by atoms with Gasteiger partial charge in [0.1, 0.15) is 6.07 Å². The number of nitrogens with one attached hydrogen (secondary N) is 1. The molecule has 4 heteroatoms. The number of rotatable bonds is 2. The maximum Gasteiger partial charge on any atom is 0.103 e. The van der Waals surface area contributed by atoms with Crippen LogP contribution in [-0.4, -0.2) is 0 Å². The highest BCUT2D eigenvalue weighted by atomic mass is 79.9. The molecule has 2 aromatic rings. The van der Waals surface area contributed by atoms with Crippen LogP contribution in [0.25, 0.3) is 0 Å². The molecule has 0 aliphatic carbocycles. The zero-order valence-corrected chi connectivity index (χ0v) is 11.1. The lowest BCUT2D eigenvalue weighted by Gasteiger charge is -2.10. The Balaban J connectivity index is 2.41. The largest absolute Gasteiger partial charge is 0.353 e. The van der Waals surface area contributed by atoms with Gasteiger partial charge >= 0.3 is 0 Å². The van der Waals surface area contributed by atoms with Gasteiger partial charge in [0, 0.05) is 4.47 Å². The second-order valence-corrected chi connectivity index (χ2v) is 4.64. The Morgan fingerprint density at radius 1 is 1.06 bits per heavy atom. The number of nitrogens with zero attached hydrogens (tertiary/aromatic N) is 1. The van der Waals surface area contributed by atoms with Crippen LogP contribution in [0.4, 0.5) is 11.4 Å². The summed E-state index contributed by atoms with van der Waals surface area (Å²) in [6.45, 7) is 0. The second kappa shape index (κ2) is 5.22. The Kier molecular flexibility index (Phi) is 3.68. The van der Waals surface area contributed by atoms with Crippen molar-refractivity contribution in [2.75, 3.05) is 5.32 Å². The number of para-hydroxylation sites is 1. The standard InChI is InChI=1S/C13H8BrClN2/c14-10-4-3-7-12(9(10)8-16)17-13-6-2-1-5-11(13)15/h1-7,17H. The molecule has 0 heterocycles. The Bertz CT molecular complexity index is 590. The minimum Gasteiger partial charge on any atom is -0.353 e. The molecule has 0 atom stereocenters. The van der Waals surface area contributed by atoms with E-state index in [9.17, 15) is 0 Å². The lowest BCUT2D eigenvalue weighted by atomic mass is 10.2. The van der Waals surface area contributed by atoms with Crippen molar-refractivity contribution in [3.05, 3.63) is 57.5 Å². The van der Waals surface area contributed by atoms with Crippen molar-refractivity contribution in [3.63, 3.8) is 0 Å². The fourth-order valence-corrected chi connectivity index (χ4v) is 2.09. The first-order valence-corrected chi connectivity index (χ1v) is 6.09. The molecule has 2 aromatic carbocycles. The summed E-state index contributed by atoms with van der Waals surface area (Å²) in [5.74, 6) is 0. The van der Waals surface area contributed by atoms with Crippen LogP contribution >= 0.6 is 27.5 Å². The zero-order chi connectivity index (χ0) is 12.3. The first-order valence-electron chi connectivity index (χ1n) is 4.92. The van der Waals surface area contributed by atoms with E-state index in [1.165, 1.54) is 0 Å². The fourth-order valence-electron chi connectivity index (χ4n) is 1.45. The molecule has 17 heavy (non-hydrogen) atoms. The van der Waals surface area contributed by atoms with Crippen LogP contribution < -0.4 is 5.32 Å². The molecule has 2 rings (SSSR count). The molecule has 0 aliphatic heterocycles. The third kappa shape index (κ3) is 2.60. The first kappa shape index (κ1) is 12.0. The summed E-state index contributed by atoms with van der Waals surface area (Å²) >= 11 is 9.40. The molecule has 0 aliphatic rings. The summed E-state index contributed by atoms with van der Waals surface area (Å²) in [4.78, 5) is 0. The average molecular weight is 308 g/mol. The maximum absolute atomic E-state index is 9.09. The number of nitriles is 1. The topological polar surface area (TPSA) is 35.8 Å². The Morgan fingerprint density at radius 3 is 2.47 bits per heavy atom. The van der Waals surface area contributed by atoms with E-state index in [1.54, 1.807) is 6.07 Å². The fraction of sp³-hybridized carbons (Fsp3) is 0. The number of benzene rings is 2. The van der Waals surface area contributed by atoms with Gasteiger partial charge in [0.05, 0.1) is 22.0 Å². The Labute approximate surface area is 113 Å². The molecule has 2 nitrogen and oxygen atoms in total. The Morgan fingerprint density at radius 2 is 1.76 bits per heavy atom. The SMILES string of the molecule is N#Cc1c(Br)cccc1Nc1ccccc1Cl. The van der Waals surface area contributed by atoms with E-state index in [-0.39, 0.29) is 0 Å². The van der Waals surface area contributed by atoms with Crippen molar-refractivity contribution in [3.8, 4) is 6.07 Å². The van der Waals surface area contributed by atoms with Gasteiger partial charge < -0.3 is 5.32 Å². The molecule has 84 valence electrons.